The fraction of sp³-hybridized carbons (Fsp3) is 0.0870. The molecule has 3 aromatic carbocycles. The Morgan fingerprint density at radius 1 is 1.00 bits per heavy atom. The van der Waals surface area contributed by atoms with Crippen molar-refractivity contribution in [1.29, 1.82) is 0 Å². The second-order valence-corrected chi connectivity index (χ2v) is 7.01. The molecule has 0 fully saturated rings. The Bertz CT molecular complexity index is 1190. The summed E-state index contributed by atoms with van der Waals surface area (Å²) in [4.78, 5) is 17.4. The number of amides is 1. The molecule has 0 aliphatic carbocycles. The Kier molecular flexibility index (Phi) is 5.50. The normalized spacial score (nSPS) is 10.6. The molecule has 30 heavy (non-hydrogen) atoms. The third-order valence-electron chi connectivity index (χ3n) is 4.68. The zero-order valence-electron chi connectivity index (χ0n) is 16.5. The predicted molar refractivity (Wildman–Crippen MR) is 117 cm³/mol. The van der Waals surface area contributed by atoms with Gasteiger partial charge >= 0.3 is 0 Å². The molecule has 0 aliphatic rings. The Morgan fingerprint density at radius 2 is 1.73 bits per heavy atom. The minimum Gasteiger partial charge on any atom is -0.497 e. The van der Waals surface area contributed by atoms with Gasteiger partial charge in [0.2, 0.25) is 5.82 Å². The molecule has 1 amide bonds. The highest BCUT2D eigenvalue weighted by Gasteiger charge is 2.19. The van der Waals surface area contributed by atoms with Gasteiger partial charge in [-0.05, 0) is 48.9 Å². The number of nitrogens with zero attached hydrogens (tertiary/aromatic N) is 3. The second kappa shape index (κ2) is 8.39. The van der Waals surface area contributed by atoms with Crippen LogP contribution in [0.1, 0.15) is 16.2 Å². The van der Waals surface area contributed by atoms with Gasteiger partial charge in [-0.2, -0.15) is 0 Å². The van der Waals surface area contributed by atoms with E-state index in [-0.39, 0.29) is 5.82 Å². The molecule has 0 aliphatic heterocycles. The zero-order valence-corrected chi connectivity index (χ0v) is 17.2. The summed E-state index contributed by atoms with van der Waals surface area (Å²) in [7, 11) is 1.61. The third kappa shape index (κ3) is 3.90. The van der Waals surface area contributed by atoms with Crippen molar-refractivity contribution < 1.29 is 9.53 Å². The molecule has 6 nitrogen and oxygen atoms in total. The van der Waals surface area contributed by atoms with E-state index in [9.17, 15) is 4.79 Å². The number of anilines is 1. The van der Waals surface area contributed by atoms with E-state index in [0.29, 0.717) is 16.5 Å². The number of aromatic nitrogens is 3. The quantitative estimate of drug-likeness (QED) is 0.486. The topological polar surface area (TPSA) is 69.0 Å². The van der Waals surface area contributed by atoms with E-state index in [1.807, 2.05) is 61.5 Å². The van der Waals surface area contributed by atoms with Crippen LogP contribution < -0.4 is 10.1 Å². The van der Waals surface area contributed by atoms with Crippen molar-refractivity contribution >= 4 is 23.2 Å². The fourth-order valence-corrected chi connectivity index (χ4v) is 3.18. The maximum Gasteiger partial charge on any atom is 0.295 e. The summed E-state index contributed by atoms with van der Waals surface area (Å²) in [6, 6.07) is 22.3. The summed E-state index contributed by atoms with van der Waals surface area (Å²) in [5, 5.41) is 7.91. The Hall–Kier alpha value is -3.64. The average molecular weight is 419 g/mol. The highest BCUT2D eigenvalue weighted by Crippen LogP contribution is 2.25. The lowest BCUT2D eigenvalue weighted by molar-refractivity contribution is 0.101. The van der Waals surface area contributed by atoms with Gasteiger partial charge in [0.05, 0.1) is 12.8 Å². The number of nitrogens with one attached hydrogen (secondary N) is 1. The van der Waals surface area contributed by atoms with E-state index in [1.54, 1.807) is 30.0 Å². The smallest absolute Gasteiger partial charge is 0.295 e. The van der Waals surface area contributed by atoms with E-state index in [2.05, 4.69) is 15.4 Å². The fourth-order valence-electron chi connectivity index (χ4n) is 3.01. The lowest BCUT2D eigenvalue weighted by Gasteiger charge is -2.07. The molecule has 1 heterocycles. The number of carbonyl (C=O) groups excluding carboxylic acids is 1. The van der Waals surface area contributed by atoms with Gasteiger partial charge in [0, 0.05) is 16.3 Å². The van der Waals surface area contributed by atoms with Gasteiger partial charge in [-0.1, -0.05) is 48.0 Å². The summed E-state index contributed by atoms with van der Waals surface area (Å²) in [6.07, 6.45) is 0. The number of hydrogen-bond donors (Lipinski definition) is 1. The van der Waals surface area contributed by atoms with E-state index < -0.39 is 5.91 Å². The minimum absolute atomic E-state index is 0.0593. The van der Waals surface area contributed by atoms with Gasteiger partial charge in [0.25, 0.3) is 5.91 Å². The molecule has 0 radical (unpaired) electrons. The van der Waals surface area contributed by atoms with Crippen LogP contribution in [0.15, 0.2) is 72.8 Å². The van der Waals surface area contributed by atoms with E-state index >= 15 is 0 Å². The highest BCUT2D eigenvalue weighted by atomic mass is 35.5. The lowest BCUT2D eigenvalue weighted by atomic mass is 10.2. The number of ether oxygens (including phenoxy) is 1. The summed E-state index contributed by atoms with van der Waals surface area (Å²) >= 11 is 6.16. The van der Waals surface area contributed by atoms with Crippen molar-refractivity contribution in [3.8, 4) is 22.8 Å². The SMILES string of the molecule is COc1ccc(-n2nc(C(=O)Nc3cccc(Cl)c3C)nc2-c2ccccc2)cc1. The number of hydrogen-bond acceptors (Lipinski definition) is 4. The molecule has 1 N–H and O–H groups in total. The summed E-state index contributed by atoms with van der Waals surface area (Å²) in [6.45, 7) is 1.84. The summed E-state index contributed by atoms with van der Waals surface area (Å²) < 4.78 is 6.88. The van der Waals surface area contributed by atoms with Crippen molar-refractivity contribution in [2.24, 2.45) is 0 Å². The van der Waals surface area contributed by atoms with Gasteiger partial charge < -0.3 is 10.1 Å². The summed E-state index contributed by atoms with van der Waals surface area (Å²) in [5.41, 5.74) is 3.01. The zero-order chi connectivity index (χ0) is 21.1. The van der Waals surface area contributed by atoms with Crippen LogP contribution in [0.3, 0.4) is 0 Å². The van der Waals surface area contributed by atoms with Crippen molar-refractivity contribution in [3.63, 3.8) is 0 Å². The first-order valence-electron chi connectivity index (χ1n) is 9.30. The first-order chi connectivity index (χ1) is 14.6. The predicted octanol–water partition coefficient (Wildman–Crippen LogP) is 5.16. The van der Waals surface area contributed by atoms with E-state index in [1.165, 1.54) is 0 Å². The first kappa shape index (κ1) is 19.7. The molecule has 0 atom stereocenters. The largest absolute Gasteiger partial charge is 0.497 e. The molecule has 1 aromatic heterocycles. The second-order valence-electron chi connectivity index (χ2n) is 6.60. The Morgan fingerprint density at radius 3 is 2.43 bits per heavy atom. The third-order valence-corrected chi connectivity index (χ3v) is 5.08. The maximum absolute atomic E-state index is 12.9. The van der Waals surface area contributed by atoms with Gasteiger partial charge in [0.15, 0.2) is 5.82 Å². The number of benzene rings is 3. The van der Waals surface area contributed by atoms with Crippen molar-refractivity contribution in [2.45, 2.75) is 6.92 Å². The van der Waals surface area contributed by atoms with Gasteiger partial charge in [-0.25, -0.2) is 9.67 Å². The number of rotatable bonds is 5. The van der Waals surface area contributed by atoms with Crippen LogP contribution in [-0.2, 0) is 0 Å². The molecular weight excluding hydrogens is 400 g/mol. The van der Waals surface area contributed by atoms with Gasteiger partial charge in [-0.15, -0.1) is 5.10 Å². The van der Waals surface area contributed by atoms with E-state index in [4.69, 9.17) is 16.3 Å². The monoisotopic (exact) mass is 418 g/mol. The highest BCUT2D eigenvalue weighted by molar-refractivity contribution is 6.31. The van der Waals surface area contributed by atoms with E-state index in [0.717, 1.165) is 22.6 Å². The van der Waals surface area contributed by atoms with Crippen LogP contribution in [0.25, 0.3) is 17.1 Å². The van der Waals surface area contributed by atoms with Crippen LogP contribution in [0.4, 0.5) is 5.69 Å². The molecule has 0 saturated heterocycles. The summed E-state index contributed by atoms with van der Waals surface area (Å²) in [5.74, 6) is 0.942. The molecule has 4 aromatic rings. The number of halogens is 1. The van der Waals surface area contributed by atoms with Crippen LogP contribution in [-0.4, -0.2) is 27.8 Å². The molecule has 0 unspecified atom stereocenters. The molecule has 0 spiro atoms. The Balaban J connectivity index is 1.74. The van der Waals surface area contributed by atoms with Gasteiger partial charge in [0.1, 0.15) is 5.75 Å². The van der Waals surface area contributed by atoms with Crippen LogP contribution >= 0.6 is 11.6 Å². The van der Waals surface area contributed by atoms with Crippen LogP contribution in [0, 0.1) is 6.92 Å². The average Bonchev–Trinajstić information content (AvgIpc) is 3.23. The van der Waals surface area contributed by atoms with Crippen LogP contribution in [0.2, 0.25) is 5.02 Å². The number of carbonyl (C=O) groups is 1. The molecular formula is C23H19ClN4O2. The minimum atomic E-state index is -0.412. The molecule has 150 valence electrons. The molecule has 4 rings (SSSR count). The number of methoxy groups -OCH3 is 1. The standard InChI is InChI=1S/C23H19ClN4O2/c1-15-19(24)9-6-10-20(15)25-23(29)21-26-22(16-7-4-3-5-8-16)28(27-21)17-11-13-18(30-2)14-12-17/h3-14H,1-2H3,(H,25,29). The molecule has 7 heteroatoms. The lowest BCUT2D eigenvalue weighted by Crippen LogP contribution is -2.15. The van der Waals surface area contributed by atoms with Crippen LogP contribution in [0.5, 0.6) is 5.75 Å². The van der Waals surface area contributed by atoms with Crippen molar-refractivity contribution in [2.75, 3.05) is 12.4 Å². The molecule has 0 bridgehead atoms. The van der Waals surface area contributed by atoms with Crippen molar-refractivity contribution in [1.82, 2.24) is 14.8 Å². The van der Waals surface area contributed by atoms with Crippen molar-refractivity contribution in [3.05, 3.63) is 89.2 Å². The maximum atomic E-state index is 12.9. The van der Waals surface area contributed by atoms with Gasteiger partial charge in [-0.3, -0.25) is 4.79 Å². The molecule has 0 saturated carbocycles. The first-order valence-corrected chi connectivity index (χ1v) is 9.68. The Labute approximate surface area is 179 Å².